The molecule has 2 rings (SSSR count). The number of hydrogen-bond donors (Lipinski definition) is 0. The predicted octanol–water partition coefficient (Wildman–Crippen LogP) is 1.85. The van der Waals surface area contributed by atoms with Gasteiger partial charge in [0.25, 0.3) is 0 Å². The molecule has 3 nitrogen and oxygen atoms in total. The normalized spacial score (nSPS) is 16.6. The summed E-state index contributed by atoms with van der Waals surface area (Å²) in [6.45, 7) is 5.43. The van der Waals surface area contributed by atoms with Crippen molar-refractivity contribution in [2.24, 2.45) is 0 Å². The fraction of sp³-hybridized carbons (Fsp3) is 0.636. The highest BCUT2D eigenvalue weighted by atomic mass is 15.2. The van der Waals surface area contributed by atoms with Gasteiger partial charge in [-0.05, 0) is 38.8 Å². The van der Waals surface area contributed by atoms with Gasteiger partial charge in [-0.1, -0.05) is 0 Å². The lowest BCUT2D eigenvalue weighted by molar-refractivity contribution is 0.199. The summed E-state index contributed by atoms with van der Waals surface area (Å²) in [5.41, 5.74) is 1.08. The van der Waals surface area contributed by atoms with Crippen molar-refractivity contribution in [3.8, 4) is 0 Å². The summed E-state index contributed by atoms with van der Waals surface area (Å²) in [7, 11) is 0. The van der Waals surface area contributed by atoms with E-state index in [9.17, 15) is 0 Å². The van der Waals surface area contributed by atoms with Crippen LogP contribution in [0.5, 0.6) is 0 Å². The van der Waals surface area contributed by atoms with Gasteiger partial charge in [0.1, 0.15) is 0 Å². The zero-order chi connectivity index (χ0) is 9.97. The van der Waals surface area contributed by atoms with Gasteiger partial charge in [-0.3, -0.25) is 4.90 Å². The number of rotatable bonds is 4. The van der Waals surface area contributed by atoms with E-state index in [-0.39, 0.29) is 0 Å². The van der Waals surface area contributed by atoms with Gasteiger partial charge in [0.05, 0.1) is 5.69 Å². The quantitative estimate of drug-likeness (QED) is 0.727. The van der Waals surface area contributed by atoms with Crippen molar-refractivity contribution in [1.82, 2.24) is 15.1 Å². The van der Waals surface area contributed by atoms with Gasteiger partial charge >= 0.3 is 0 Å². The van der Waals surface area contributed by atoms with Gasteiger partial charge in [0, 0.05) is 24.8 Å². The highest BCUT2D eigenvalue weighted by Crippen LogP contribution is 2.29. The smallest absolute Gasteiger partial charge is 0.0771 e. The molecule has 3 heteroatoms. The summed E-state index contributed by atoms with van der Waals surface area (Å²) in [4.78, 5) is 2.50. The molecule has 1 saturated carbocycles. The zero-order valence-corrected chi connectivity index (χ0v) is 8.85. The van der Waals surface area contributed by atoms with E-state index >= 15 is 0 Å². The highest BCUT2D eigenvalue weighted by molar-refractivity contribution is 5.01. The van der Waals surface area contributed by atoms with Crippen LogP contribution in [0.4, 0.5) is 0 Å². The molecule has 0 saturated heterocycles. The first-order valence-electron chi connectivity index (χ1n) is 5.29. The molecule has 1 heterocycles. The van der Waals surface area contributed by atoms with E-state index in [1.807, 2.05) is 12.1 Å². The Morgan fingerprint density at radius 1 is 1.50 bits per heavy atom. The summed E-state index contributed by atoms with van der Waals surface area (Å²) in [6, 6.07) is 5.39. The third-order valence-electron chi connectivity index (χ3n) is 2.65. The van der Waals surface area contributed by atoms with Crippen LogP contribution in [0.25, 0.3) is 0 Å². The van der Waals surface area contributed by atoms with Gasteiger partial charge < -0.3 is 0 Å². The first-order valence-corrected chi connectivity index (χ1v) is 5.29. The summed E-state index contributed by atoms with van der Waals surface area (Å²) in [6.07, 6.45) is 4.41. The van der Waals surface area contributed by atoms with Crippen LogP contribution in [0.15, 0.2) is 18.3 Å². The van der Waals surface area contributed by atoms with Gasteiger partial charge in [-0.25, -0.2) is 0 Å². The van der Waals surface area contributed by atoms with Crippen LogP contribution in [0.2, 0.25) is 0 Å². The molecule has 0 radical (unpaired) electrons. The topological polar surface area (TPSA) is 29.0 Å². The van der Waals surface area contributed by atoms with E-state index in [4.69, 9.17) is 0 Å². The molecule has 1 aliphatic carbocycles. The lowest BCUT2D eigenvalue weighted by Crippen LogP contribution is -2.32. The summed E-state index contributed by atoms with van der Waals surface area (Å²) in [5.74, 6) is 0. The highest BCUT2D eigenvalue weighted by Gasteiger charge is 2.30. The maximum absolute atomic E-state index is 4.12. The first-order chi connectivity index (χ1) is 6.77. The van der Waals surface area contributed by atoms with E-state index in [0.717, 1.165) is 18.3 Å². The van der Waals surface area contributed by atoms with Crippen LogP contribution >= 0.6 is 0 Å². The minimum absolute atomic E-state index is 0.601. The molecule has 1 aromatic rings. The largest absolute Gasteiger partial charge is 0.292 e. The predicted molar refractivity (Wildman–Crippen MR) is 55.7 cm³/mol. The molecule has 0 spiro atoms. The SMILES string of the molecule is CC(C)N(Cc1cccnn1)C1CC1. The Morgan fingerprint density at radius 3 is 2.79 bits per heavy atom. The molecule has 0 N–H and O–H groups in total. The Balaban J connectivity index is 2.00. The lowest BCUT2D eigenvalue weighted by Gasteiger charge is -2.25. The fourth-order valence-electron chi connectivity index (χ4n) is 1.74. The molecule has 1 aliphatic rings. The molecule has 1 fully saturated rings. The maximum Gasteiger partial charge on any atom is 0.0771 e. The van der Waals surface area contributed by atoms with Crippen molar-refractivity contribution in [2.75, 3.05) is 0 Å². The second-order valence-electron chi connectivity index (χ2n) is 4.21. The molecule has 0 amide bonds. The van der Waals surface area contributed by atoms with Gasteiger partial charge in [0.15, 0.2) is 0 Å². The van der Waals surface area contributed by atoms with Crippen LogP contribution in [0.3, 0.4) is 0 Å². The fourth-order valence-corrected chi connectivity index (χ4v) is 1.74. The van der Waals surface area contributed by atoms with E-state index in [1.54, 1.807) is 6.20 Å². The van der Waals surface area contributed by atoms with E-state index < -0.39 is 0 Å². The molecule has 0 unspecified atom stereocenters. The van der Waals surface area contributed by atoms with Crippen molar-refractivity contribution in [2.45, 2.75) is 45.3 Å². The Bertz CT molecular complexity index is 278. The molecular formula is C11H17N3. The Hall–Kier alpha value is -0.960. The van der Waals surface area contributed by atoms with E-state index in [0.29, 0.717) is 6.04 Å². The molecule has 0 atom stereocenters. The van der Waals surface area contributed by atoms with Crippen molar-refractivity contribution in [1.29, 1.82) is 0 Å². The Morgan fingerprint density at radius 2 is 2.29 bits per heavy atom. The standard InChI is InChI=1S/C11H17N3/c1-9(2)14(11-5-6-11)8-10-4-3-7-12-13-10/h3-4,7,9,11H,5-6,8H2,1-2H3. The second-order valence-corrected chi connectivity index (χ2v) is 4.21. The maximum atomic E-state index is 4.12. The summed E-state index contributed by atoms with van der Waals surface area (Å²) in [5, 5.41) is 8.02. The second kappa shape index (κ2) is 4.05. The molecular weight excluding hydrogens is 174 g/mol. The molecule has 14 heavy (non-hydrogen) atoms. The minimum Gasteiger partial charge on any atom is -0.292 e. The zero-order valence-electron chi connectivity index (χ0n) is 8.85. The van der Waals surface area contributed by atoms with Crippen LogP contribution in [-0.4, -0.2) is 27.2 Å². The van der Waals surface area contributed by atoms with Gasteiger partial charge in [-0.15, -0.1) is 0 Å². The Labute approximate surface area is 85.1 Å². The van der Waals surface area contributed by atoms with E-state index in [1.165, 1.54) is 12.8 Å². The average Bonchev–Trinajstić information content (AvgIpc) is 2.99. The van der Waals surface area contributed by atoms with Crippen LogP contribution in [0, 0.1) is 0 Å². The molecule has 0 bridgehead atoms. The number of nitrogens with zero attached hydrogens (tertiary/aromatic N) is 3. The summed E-state index contributed by atoms with van der Waals surface area (Å²) < 4.78 is 0. The summed E-state index contributed by atoms with van der Waals surface area (Å²) >= 11 is 0. The van der Waals surface area contributed by atoms with Crippen LogP contribution in [0.1, 0.15) is 32.4 Å². The minimum atomic E-state index is 0.601. The third-order valence-corrected chi connectivity index (χ3v) is 2.65. The molecule has 0 aliphatic heterocycles. The third kappa shape index (κ3) is 2.29. The van der Waals surface area contributed by atoms with Crippen LogP contribution in [-0.2, 0) is 6.54 Å². The van der Waals surface area contributed by atoms with Crippen molar-refractivity contribution >= 4 is 0 Å². The monoisotopic (exact) mass is 191 g/mol. The van der Waals surface area contributed by atoms with Gasteiger partial charge in [0.2, 0.25) is 0 Å². The first kappa shape index (κ1) is 9.59. The van der Waals surface area contributed by atoms with Crippen molar-refractivity contribution < 1.29 is 0 Å². The average molecular weight is 191 g/mol. The Kier molecular flexibility index (Phi) is 2.77. The van der Waals surface area contributed by atoms with Crippen LogP contribution < -0.4 is 0 Å². The van der Waals surface area contributed by atoms with Crippen molar-refractivity contribution in [3.63, 3.8) is 0 Å². The van der Waals surface area contributed by atoms with Gasteiger partial charge in [-0.2, -0.15) is 10.2 Å². The molecule has 76 valence electrons. The van der Waals surface area contributed by atoms with Crippen molar-refractivity contribution in [3.05, 3.63) is 24.0 Å². The number of hydrogen-bond acceptors (Lipinski definition) is 3. The molecule has 0 aromatic carbocycles. The van der Waals surface area contributed by atoms with E-state index in [2.05, 4.69) is 28.9 Å². The number of aromatic nitrogens is 2. The lowest BCUT2D eigenvalue weighted by atomic mass is 10.2. The molecule has 1 aromatic heterocycles.